The van der Waals surface area contributed by atoms with E-state index in [0.717, 1.165) is 0 Å². The maximum Gasteiger partial charge on any atom is 0.341 e. The van der Waals surface area contributed by atoms with Gasteiger partial charge >= 0.3 is 5.97 Å². The number of aromatic amines is 1. The Hall–Kier alpha value is -2.82. The van der Waals surface area contributed by atoms with Gasteiger partial charge in [-0.2, -0.15) is 0 Å². The van der Waals surface area contributed by atoms with Crippen LogP contribution in [0, 0.1) is 0 Å². The number of Topliss-reactive ketones (excluding diaryl/α,β-unsaturated/α-hetero) is 1. The van der Waals surface area contributed by atoms with Crippen molar-refractivity contribution in [1.82, 2.24) is 4.98 Å². The molecule has 0 spiro atoms. The van der Waals surface area contributed by atoms with Gasteiger partial charge in [-0.3, -0.25) is 4.79 Å². The van der Waals surface area contributed by atoms with E-state index in [1.165, 1.54) is 20.3 Å². The van der Waals surface area contributed by atoms with E-state index < -0.39 is 11.8 Å². The first kappa shape index (κ1) is 14.6. The second kappa shape index (κ2) is 6.56. The van der Waals surface area contributed by atoms with Crippen LogP contribution in [0.2, 0.25) is 0 Å². The number of hydrogen-bond donors (Lipinski definition) is 1. The maximum absolute atomic E-state index is 12.4. The molecular formula is C16H15NO4. The second-order valence-corrected chi connectivity index (χ2v) is 4.20. The quantitative estimate of drug-likeness (QED) is 0.301. The summed E-state index contributed by atoms with van der Waals surface area (Å²) in [6, 6.07) is 10.4. The highest BCUT2D eigenvalue weighted by molar-refractivity contribution is 6.26. The van der Waals surface area contributed by atoms with Gasteiger partial charge in [0.05, 0.1) is 19.9 Å². The van der Waals surface area contributed by atoms with Gasteiger partial charge in [-0.1, -0.05) is 18.2 Å². The fraction of sp³-hybridized carbons (Fsp3) is 0.125. The Bertz CT molecular complexity index is 671. The molecule has 1 heterocycles. The van der Waals surface area contributed by atoms with Gasteiger partial charge in [-0.15, -0.1) is 0 Å². The summed E-state index contributed by atoms with van der Waals surface area (Å²) in [6.45, 7) is 0. The number of aromatic nitrogens is 1. The van der Waals surface area contributed by atoms with Crippen molar-refractivity contribution in [2.24, 2.45) is 0 Å². The molecule has 108 valence electrons. The highest BCUT2D eigenvalue weighted by Gasteiger charge is 2.21. The van der Waals surface area contributed by atoms with Crippen LogP contribution < -0.4 is 4.74 Å². The Morgan fingerprint density at radius 3 is 2.48 bits per heavy atom. The highest BCUT2D eigenvalue weighted by atomic mass is 16.5. The fourth-order valence-electron chi connectivity index (χ4n) is 1.88. The SMILES string of the molecule is COC(=O)/C(=C\c1ccccc1OC)C(=O)c1ccc[nH]1. The highest BCUT2D eigenvalue weighted by Crippen LogP contribution is 2.22. The summed E-state index contributed by atoms with van der Waals surface area (Å²) < 4.78 is 9.91. The van der Waals surface area contributed by atoms with Gasteiger partial charge in [0.1, 0.15) is 11.3 Å². The number of methoxy groups -OCH3 is 2. The van der Waals surface area contributed by atoms with Crippen molar-refractivity contribution in [3.05, 3.63) is 59.4 Å². The number of benzene rings is 1. The minimum Gasteiger partial charge on any atom is -0.496 e. The molecule has 0 radical (unpaired) electrons. The molecule has 0 atom stereocenters. The predicted octanol–water partition coefficient (Wildman–Crippen LogP) is 2.46. The molecule has 1 N–H and O–H groups in total. The first-order valence-electron chi connectivity index (χ1n) is 6.28. The van der Waals surface area contributed by atoms with Gasteiger partial charge in [0, 0.05) is 11.8 Å². The van der Waals surface area contributed by atoms with Crippen molar-refractivity contribution in [2.75, 3.05) is 14.2 Å². The van der Waals surface area contributed by atoms with Crippen molar-refractivity contribution in [3.63, 3.8) is 0 Å². The summed E-state index contributed by atoms with van der Waals surface area (Å²) in [5, 5.41) is 0. The average molecular weight is 285 g/mol. The Kier molecular flexibility index (Phi) is 4.56. The van der Waals surface area contributed by atoms with Crippen LogP contribution in [0.25, 0.3) is 6.08 Å². The summed E-state index contributed by atoms with van der Waals surface area (Å²) in [5.74, 6) is -0.559. The molecule has 0 unspecified atom stereocenters. The Balaban J connectivity index is 2.48. The molecule has 21 heavy (non-hydrogen) atoms. The van der Waals surface area contributed by atoms with Gasteiger partial charge in [0.15, 0.2) is 0 Å². The summed E-state index contributed by atoms with van der Waals surface area (Å²) in [4.78, 5) is 27.0. The molecule has 0 aliphatic carbocycles. The zero-order chi connectivity index (χ0) is 15.2. The van der Waals surface area contributed by atoms with Crippen LogP contribution in [0.5, 0.6) is 5.75 Å². The molecular weight excluding hydrogens is 270 g/mol. The van der Waals surface area contributed by atoms with E-state index in [1.54, 1.807) is 42.6 Å². The number of esters is 1. The van der Waals surface area contributed by atoms with Gasteiger partial charge < -0.3 is 14.5 Å². The van der Waals surface area contributed by atoms with Crippen molar-refractivity contribution in [2.45, 2.75) is 0 Å². The van der Waals surface area contributed by atoms with E-state index in [2.05, 4.69) is 4.98 Å². The molecule has 0 saturated carbocycles. The van der Waals surface area contributed by atoms with Crippen LogP contribution in [0.1, 0.15) is 16.1 Å². The van der Waals surface area contributed by atoms with E-state index in [-0.39, 0.29) is 5.57 Å². The summed E-state index contributed by atoms with van der Waals surface area (Å²) in [6.07, 6.45) is 3.08. The fourth-order valence-corrected chi connectivity index (χ4v) is 1.88. The average Bonchev–Trinajstić information content (AvgIpc) is 3.06. The Labute approximate surface area is 122 Å². The molecule has 0 fully saturated rings. The largest absolute Gasteiger partial charge is 0.496 e. The van der Waals surface area contributed by atoms with Gasteiger partial charge in [-0.25, -0.2) is 4.79 Å². The van der Waals surface area contributed by atoms with E-state index in [0.29, 0.717) is 17.0 Å². The van der Waals surface area contributed by atoms with Crippen LogP contribution in [0.3, 0.4) is 0 Å². The summed E-state index contributed by atoms with van der Waals surface area (Å²) in [7, 11) is 2.76. The van der Waals surface area contributed by atoms with Crippen molar-refractivity contribution in [1.29, 1.82) is 0 Å². The number of carbonyl (C=O) groups excluding carboxylic acids is 2. The van der Waals surface area contributed by atoms with Gasteiger partial charge in [0.2, 0.25) is 5.78 Å². The molecule has 2 rings (SSSR count). The molecule has 1 aromatic heterocycles. The van der Waals surface area contributed by atoms with Crippen molar-refractivity contribution in [3.8, 4) is 5.75 Å². The lowest BCUT2D eigenvalue weighted by Gasteiger charge is -2.07. The van der Waals surface area contributed by atoms with Crippen LogP contribution in [-0.4, -0.2) is 31.0 Å². The molecule has 0 aliphatic heterocycles. The lowest BCUT2D eigenvalue weighted by Crippen LogP contribution is -2.15. The van der Waals surface area contributed by atoms with Crippen LogP contribution >= 0.6 is 0 Å². The van der Waals surface area contributed by atoms with Gasteiger partial charge in [-0.05, 0) is 24.3 Å². The Morgan fingerprint density at radius 2 is 1.86 bits per heavy atom. The molecule has 0 saturated heterocycles. The first-order valence-corrected chi connectivity index (χ1v) is 6.28. The maximum atomic E-state index is 12.4. The zero-order valence-electron chi connectivity index (χ0n) is 11.8. The third-order valence-electron chi connectivity index (χ3n) is 2.93. The van der Waals surface area contributed by atoms with E-state index in [4.69, 9.17) is 9.47 Å². The molecule has 0 bridgehead atoms. The van der Waals surface area contributed by atoms with Crippen LogP contribution in [0.15, 0.2) is 48.2 Å². The standard InChI is InChI=1S/C16H15NO4/c1-20-14-8-4-3-6-11(14)10-12(16(19)21-2)15(18)13-7-5-9-17-13/h3-10,17H,1-2H3/b12-10-. The molecule has 0 amide bonds. The minimum absolute atomic E-state index is 0.0653. The lowest BCUT2D eigenvalue weighted by molar-refractivity contribution is -0.135. The molecule has 0 aliphatic rings. The minimum atomic E-state index is -0.694. The predicted molar refractivity (Wildman–Crippen MR) is 78.1 cm³/mol. The van der Waals surface area contributed by atoms with Crippen molar-refractivity contribution < 1.29 is 19.1 Å². The number of nitrogens with one attached hydrogen (secondary N) is 1. The monoisotopic (exact) mass is 285 g/mol. The lowest BCUT2D eigenvalue weighted by atomic mass is 10.0. The zero-order valence-corrected chi connectivity index (χ0v) is 11.8. The molecule has 2 aromatic rings. The number of ether oxygens (including phenoxy) is 2. The number of ketones is 1. The molecule has 5 nitrogen and oxygen atoms in total. The van der Waals surface area contributed by atoms with Gasteiger partial charge in [0.25, 0.3) is 0 Å². The molecule has 5 heteroatoms. The third-order valence-corrected chi connectivity index (χ3v) is 2.93. The summed E-state index contributed by atoms with van der Waals surface area (Å²) >= 11 is 0. The van der Waals surface area contributed by atoms with Crippen LogP contribution in [-0.2, 0) is 9.53 Å². The second-order valence-electron chi connectivity index (χ2n) is 4.20. The smallest absolute Gasteiger partial charge is 0.341 e. The van der Waals surface area contributed by atoms with E-state index in [9.17, 15) is 9.59 Å². The van der Waals surface area contributed by atoms with Crippen LogP contribution in [0.4, 0.5) is 0 Å². The number of para-hydroxylation sites is 1. The number of hydrogen-bond acceptors (Lipinski definition) is 4. The van der Waals surface area contributed by atoms with E-state index >= 15 is 0 Å². The normalized spacial score (nSPS) is 11.0. The topological polar surface area (TPSA) is 68.4 Å². The first-order chi connectivity index (χ1) is 10.2. The Morgan fingerprint density at radius 1 is 1.10 bits per heavy atom. The number of carbonyl (C=O) groups is 2. The van der Waals surface area contributed by atoms with Crippen molar-refractivity contribution >= 4 is 17.8 Å². The summed E-state index contributed by atoms with van der Waals surface area (Å²) in [5.41, 5.74) is 0.881. The third kappa shape index (κ3) is 3.20. The number of H-pyrrole nitrogens is 1. The van der Waals surface area contributed by atoms with E-state index in [1.807, 2.05) is 0 Å². The molecule has 1 aromatic carbocycles. The number of rotatable bonds is 5.